The lowest BCUT2D eigenvalue weighted by atomic mass is 10.3. The van der Waals surface area contributed by atoms with Crippen molar-refractivity contribution in [1.29, 1.82) is 0 Å². The molecule has 2 amide bonds. The molecule has 2 N–H and O–H groups in total. The predicted octanol–water partition coefficient (Wildman–Crippen LogP) is -0.0286. The van der Waals surface area contributed by atoms with Crippen LogP contribution in [0, 0.1) is 0 Å². The van der Waals surface area contributed by atoms with E-state index in [4.69, 9.17) is 9.47 Å². The Morgan fingerprint density at radius 2 is 1.59 bits per heavy atom. The highest BCUT2D eigenvalue weighted by Crippen LogP contribution is 2.25. The van der Waals surface area contributed by atoms with E-state index in [1.54, 1.807) is 12.1 Å². The molecule has 9 nitrogen and oxygen atoms in total. The minimum atomic E-state index is -0.861. The molecule has 1 rings (SSSR count). The number of hydroxylamine groups is 2. The molecule has 0 saturated heterocycles. The molecule has 0 aliphatic rings. The fourth-order valence-corrected chi connectivity index (χ4v) is 1.39. The molecule has 9 heteroatoms. The minimum Gasteiger partial charge on any atom is -0.475 e. The van der Waals surface area contributed by atoms with Gasteiger partial charge in [-0.25, -0.2) is 15.9 Å². The second-order valence-electron chi connectivity index (χ2n) is 4.17. The van der Waals surface area contributed by atoms with Gasteiger partial charge in [0.25, 0.3) is 17.7 Å². The second kappa shape index (κ2) is 8.80. The van der Waals surface area contributed by atoms with Crippen molar-refractivity contribution in [3.05, 3.63) is 18.3 Å². The lowest BCUT2D eigenvalue weighted by Gasteiger charge is -2.18. The Bertz CT molecular complexity index is 465. The average molecular weight is 313 g/mol. The van der Waals surface area contributed by atoms with Crippen LogP contribution in [0.2, 0.25) is 0 Å². The van der Waals surface area contributed by atoms with Crippen molar-refractivity contribution in [2.45, 2.75) is 26.1 Å². The highest BCUT2D eigenvalue weighted by Gasteiger charge is 2.20. The van der Waals surface area contributed by atoms with Crippen LogP contribution in [0.15, 0.2) is 18.3 Å². The monoisotopic (exact) mass is 313 g/mol. The average Bonchev–Trinajstić information content (AvgIpc) is 2.49. The van der Waals surface area contributed by atoms with E-state index in [2.05, 4.69) is 25.6 Å². The van der Waals surface area contributed by atoms with Crippen molar-refractivity contribution < 1.29 is 28.7 Å². The van der Waals surface area contributed by atoms with E-state index < -0.39 is 24.0 Å². The first-order valence-electron chi connectivity index (χ1n) is 6.43. The van der Waals surface area contributed by atoms with Gasteiger partial charge in [0, 0.05) is 6.20 Å². The van der Waals surface area contributed by atoms with Crippen LogP contribution in [0.5, 0.6) is 11.6 Å². The number of aromatic nitrogens is 1. The predicted molar refractivity (Wildman–Crippen MR) is 74.7 cm³/mol. The first-order valence-corrected chi connectivity index (χ1v) is 6.43. The zero-order valence-electron chi connectivity index (χ0n) is 12.8. The standard InChI is InChI=1S/C13H19N3O6/c1-8(11(17)15-19-3)21-10-6-5-7-14-13(10)22-9(2)12(18)16-20-4/h5-9H,1-4H3,(H,15,17)(H,16,18). The summed E-state index contributed by atoms with van der Waals surface area (Å²) in [5, 5.41) is 0. The molecule has 122 valence electrons. The summed E-state index contributed by atoms with van der Waals surface area (Å²) in [4.78, 5) is 36.2. The van der Waals surface area contributed by atoms with Gasteiger partial charge < -0.3 is 9.47 Å². The van der Waals surface area contributed by atoms with E-state index in [1.807, 2.05) is 0 Å². The summed E-state index contributed by atoms with van der Waals surface area (Å²) < 4.78 is 10.9. The van der Waals surface area contributed by atoms with Crippen LogP contribution >= 0.6 is 0 Å². The summed E-state index contributed by atoms with van der Waals surface area (Å²) in [7, 11) is 2.63. The van der Waals surface area contributed by atoms with E-state index in [1.165, 1.54) is 34.3 Å². The first-order chi connectivity index (χ1) is 10.5. The highest BCUT2D eigenvalue weighted by atomic mass is 16.7. The topological polar surface area (TPSA) is 108 Å². The second-order valence-corrected chi connectivity index (χ2v) is 4.17. The van der Waals surface area contributed by atoms with Crippen LogP contribution < -0.4 is 20.4 Å². The number of hydrogen-bond acceptors (Lipinski definition) is 7. The molecule has 0 fully saturated rings. The summed E-state index contributed by atoms with van der Waals surface area (Å²) in [6.45, 7) is 3.06. The van der Waals surface area contributed by atoms with E-state index in [0.717, 1.165) is 0 Å². The number of nitrogens with one attached hydrogen (secondary N) is 2. The van der Waals surface area contributed by atoms with Crippen molar-refractivity contribution in [2.24, 2.45) is 0 Å². The molecule has 0 saturated carbocycles. The third kappa shape index (κ3) is 5.19. The number of nitrogens with zero attached hydrogens (tertiary/aromatic N) is 1. The maximum absolute atomic E-state index is 11.6. The number of hydrogen-bond donors (Lipinski definition) is 2. The van der Waals surface area contributed by atoms with Crippen LogP contribution in [-0.4, -0.2) is 43.2 Å². The van der Waals surface area contributed by atoms with Gasteiger partial charge in [-0.3, -0.25) is 19.3 Å². The van der Waals surface area contributed by atoms with Gasteiger partial charge in [-0.15, -0.1) is 0 Å². The molecule has 0 spiro atoms. The molecule has 0 radical (unpaired) electrons. The number of ether oxygens (including phenoxy) is 2. The van der Waals surface area contributed by atoms with Crippen LogP contribution in [0.4, 0.5) is 0 Å². The van der Waals surface area contributed by atoms with E-state index in [0.29, 0.717) is 0 Å². The fourth-order valence-electron chi connectivity index (χ4n) is 1.39. The van der Waals surface area contributed by atoms with Crippen LogP contribution in [0.3, 0.4) is 0 Å². The van der Waals surface area contributed by atoms with Gasteiger partial charge in [0.15, 0.2) is 18.0 Å². The molecule has 0 aliphatic heterocycles. The molecule has 2 unspecified atom stereocenters. The highest BCUT2D eigenvalue weighted by molar-refractivity contribution is 5.80. The Morgan fingerprint density at radius 3 is 2.14 bits per heavy atom. The number of carbonyl (C=O) groups is 2. The molecular weight excluding hydrogens is 294 g/mol. The third-order valence-electron chi connectivity index (χ3n) is 2.47. The molecule has 22 heavy (non-hydrogen) atoms. The van der Waals surface area contributed by atoms with Gasteiger partial charge >= 0.3 is 0 Å². The van der Waals surface area contributed by atoms with E-state index in [-0.39, 0.29) is 11.6 Å². The quantitative estimate of drug-likeness (QED) is 0.649. The summed E-state index contributed by atoms with van der Waals surface area (Å²) in [6.07, 6.45) is -0.224. The molecule has 0 aliphatic carbocycles. The number of pyridine rings is 1. The van der Waals surface area contributed by atoms with Crippen molar-refractivity contribution in [1.82, 2.24) is 15.9 Å². The lowest BCUT2D eigenvalue weighted by Crippen LogP contribution is -2.37. The summed E-state index contributed by atoms with van der Waals surface area (Å²) >= 11 is 0. The van der Waals surface area contributed by atoms with Gasteiger partial charge in [-0.05, 0) is 26.0 Å². The van der Waals surface area contributed by atoms with Crippen molar-refractivity contribution >= 4 is 11.8 Å². The maximum Gasteiger partial charge on any atom is 0.284 e. The summed E-state index contributed by atoms with van der Waals surface area (Å²) in [5.74, 6) is -0.650. The number of amides is 2. The Balaban J connectivity index is 2.77. The van der Waals surface area contributed by atoms with Gasteiger partial charge in [-0.2, -0.15) is 0 Å². The van der Waals surface area contributed by atoms with Gasteiger partial charge in [0.05, 0.1) is 14.2 Å². The largest absolute Gasteiger partial charge is 0.475 e. The van der Waals surface area contributed by atoms with Crippen LogP contribution in [0.25, 0.3) is 0 Å². The normalized spacial score (nSPS) is 12.9. The molecule has 1 aromatic heterocycles. The Labute approximate surface area is 127 Å². The number of rotatable bonds is 8. The van der Waals surface area contributed by atoms with Crippen molar-refractivity contribution in [2.75, 3.05) is 14.2 Å². The van der Waals surface area contributed by atoms with Crippen LogP contribution in [-0.2, 0) is 19.3 Å². The molecular formula is C13H19N3O6. The Morgan fingerprint density at radius 1 is 1.05 bits per heavy atom. The molecule has 0 aromatic carbocycles. The van der Waals surface area contributed by atoms with E-state index in [9.17, 15) is 9.59 Å². The van der Waals surface area contributed by atoms with Crippen LogP contribution in [0.1, 0.15) is 13.8 Å². The first kappa shape index (κ1) is 17.7. The van der Waals surface area contributed by atoms with Gasteiger partial charge in [0.2, 0.25) is 0 Å². The lowest BCUT2D eigenvalue weighted by molar-refractivity contribution is -0.139. The molecule has 0 bridgehead atoms. The van der Waals surface area contributed by atoms with Crippen molar-refractivity contribution in [3.8, 4) is 11.6 Å². The number of carbonyl (C=O) groups excluding carboxylic acids is 2. The minimum absolute atomic E-state index is 0.0818. The van der Waals surface area contributed by atoms with Gasteiger partial charge in [0.1, 0.15) is 0 Å². The van der Waals surface area contributed by atoms with Crippen molar-refractivity contribution in [3.63, 3.8) is 0 Å². The van der Waals surface area contributed by atoms with E-state index >= 15 is 0 Å². The fraction of sp³-hybridized carbons (Fsp3) is 0.462. The Kier molecular flexibility index (Phi) is 7.06. The zero-order valence-corrected chi connectivity index (χ0v) is 12.8. The zero-order chi connectivity index (χ0) is 16.5. The summed E-state index contributed by atoms with van der Waals surface area (Å²) in [5.41, 5.74) is 4.30. The SMILES string of the molecule is CONC(=O)C(C)Oc1cccnc1OC(C)C(=O)NOC. The summed E-state index contributed by atoms with van der Waals surface area (Å²) in [6, 6.07) is 3.18. The Hall–Kier alpha value is -2.39. The molecule has 1 heterocycles. The smallest absolute Gasteiger partial charge is 0.284 e. The van der Waals surface area contributed by atoms with Gasteiger partial charge in [-0.1, -0.05) is 0 Å². The third-order valence-corrected chi connectivity index (χ3v) is 2.47. The molecule has 2 atom stereocenters. The molecule has 1 aromatic rings. The maximum atomic E-state index is 11.6.